The third-order valence-corrected chi connectivity index (χ3v) is 3.91. The number of anilines is 1. The number of nitrogens with zero attached hydrogens (tertiary/aromatic N) is 1. The highest BCUT2D eigenvalue weighted by molar-refractivity contribution is 9.10. The highest BCUT2D eigenvalue weighted by Crippen LogP contribution is 2.27. The van der Waals surface area contributed by atoms with Gasteiger partial charge in [-0.05, 0) is 46.0 Å². The second kappa shape index (κ2) is 9.37. The summed E-state index contributed by atoms with van der Waals surface area (Å²) in [7, 11) is 3.87. The fourth-order valence-corrected chi connectivity index (χ4v) is 2.68. The lowest BCUT2D eigenvalue weighted by atomic mass is 10.1. The minimum absolute atomic E-state index is 0.737. The molecule has 0 unspecified atom stereocenters. The fourth-order valence-electron chi connectivity index (χ4n) is 1.95. The molecule has 0 aliphatic rings. The van der Waals surface area contributed by atoms with Gasteiger partial charge in [0.2, 0.25) is 0 Å². The number of methoxy groups -OCH3 is 1. The quantitative estimate of drug-likeness (QED) is 0.693. The lowest BCUT2D eigenvalue weighted by Gasteiger charge is -2.22. The summed E-state index contributed by atoms with van der Waals surface area (Å²) in [6.07, 6.45) is 1.21. The van der Waals surface area contributed by atoms with Crippen molar-refractivity contribution in [2.75, 3.05) is 38.8 Å². The zero-order chi connectivity index (χ0) is 15.0. The van der Waals surface area contributed by atoms with E-state index in [1.807, 2.05) is 0 Å². The highest BCUT2D eigenvalue weighted by atomic mass is 79.9. The fraction of sp³-hybridized carbons (Fsp3) is 0.625. The third-order valence-electron chi connectivity index (χ3n) is 3.28. The van der Waals surface area contributed by atoms with Crippen molar-refractivity contribution < 1.29 is 4.74 Å². The first kappa shape index (κ1) is 17.5. The molecule has 1 aromatic rings. The van der Waals surface area contributed by atoms with Crippen LogP contribution in [-0.2, 0) is 11.3 Å². The molecule has 0 spiro atoms. The van der Waals surface area contributed by atoms with Crippen molar-refractivity contribution in [3.8, 4) is 0 Å². The molecule has 1 aromatic carbocycles. The number of hydrogen-bond donors (Lipinski definition) is 1. The van der Waals surface area contributed by atoms with Gasteiger partial charge in [0.05, 0.1) is 12.3 Å². The average Bonchev–Trinajstić information content (AvgIpc) is 2.41. The van der Waals surface area contributed by atoms with Gasteiger partial charge in [0.15, 0.2) is 0 Å². The number of halogens is 1. The molecule has 20 heavy (non-hydrogen) atoms. The number of ether oxygens (including phenoxy) is 1. The topological polar surface area (TPSA) is 24.5 Å². The van der Waals surface area contributed by atoms with Crippen LogP contribution in [0.25, 0.3) is 0 Å². The maximum absolute atomic E-state index is 5.02. The van der Waals surface area contributed by atoms with Crippen LogP contribution in [0.5, 0.6) is 0 Å². The Labute approximate surface area is 131 Å². The standard InChI is InChI=1S/C16H27BrN2O/c1-13(2)7-9-19(3)16-6-5-14(11-15(16)17)12-18-8-10-20-4/h5-6,11,13,18H,7-10,12H2,1-4H3. The van der Waals surface area contributed by atoms with Crippen LogP contribution in [0, 0.1) is 5.92 Å². The van der Waals surface area contributed by atoms with Crippen molar-refractivity contribution in [3.63, 3.8) is 0 Å². The van der Waals surface area contributed by atoms with Crippen molar-refractivity contribution in [2.24, 2.45) is 5.92 Å². The predicted molar refractivity (Wildman–Crippen MR) is 90.4 cm³/mol. The molecule has 0 fully saturated rings. The van der Waals surface area contributed by atoms with E-state index in [9.17, 15) is 0 Å². The Kier molecular flexibility index (Phi) is 8.19. The van der Waals surface area contributed by atoms with Gasteiger partial charge in [0.1, 0.15) is 0 Å². The highest BCUT2D eigenvalue weighted by Gasteiger charge is 2.07. The summed E-state index contributed by atoms with van der Waals surface area (Å²) in [4.78, 5) is 2.31. The van der Waals surface area contributed by atoms with Gasteiger partial charge in [-0.1, -0.05) is 19.9 Å². The van der Waals surface area contributed by atoms with Crippen molar-refractivity contribution in [3.05, 3.63) is 28.2 Å². The van der Waals surface area contributed by atoms with Crippen LogP contribution in [0.2, 0.25) is 0 Å². The summed E-state index contributed by atoms with van der Waals surface area (Å²) < 4.78 is 6.18. The lowest BCUT2D eigenvalue weighted by Crippen LogP contribution is -2.21. The number of rotatable bonds is 9. The molecule has 0 heterocycles. The van der Waals surface area contributed by atoms with Crippen LogP contribution < -0.4 is 10.2 Å². The first-order valence-electron chi connectivity index (χ1n) is 7.23. The van der Waals surface area contributed by atoms with Gasteiger partial charge in [0.25, 0.3) is 0 Å². The van der Waals surface area contributed by atoms with Gasteiger partial charge in [-0.2, -0.15) is 0 Å². The summed E-state index contributed by atoms with van der Waals surface area (Å²) in [6.45, 7) is 8.11. The second-order valence-electron chi connectivity index (χ2n) is 5.56. The molecule has 0 atom stereocenters. The second-order valence-corrected chi connectivity index (χ2v) is 6.41. The van der Waals surface area contributed by atoms with Crippen molar-refractivity contribution in [1.29, 1.82) is 0 Å². The Morgan fingerprint density at radius 2 is 2.10 bits per heavy atom. The van der Waals surface area contributed by atoms with E-state index in [4.69, 9.17) is 4.74 Å². The Hall–Kier alpha value is -0.580. The summed E-state index contributed by atoms with van der Waals surface area (Å²) in [5, 5.41) is 3.36. The monoisotopic (exact) mass is 342 g/mol. The van der Waals surface area contributed by atoms with Gasteiger partial charge in [-0.15, -0.1) is 0 Å². The molecule has 0 aliphatic carbocycles. The Morgan fingerprint density at radius 3 is 2.70 bits per heavy atom. The largest absolute Gasteiger partial charge is 0.383 e. The van der Waals surface area contributed by atoms with Crippen LogP contribution in [0.1, 0.15) is 25.8 Å². The minimum Gasteiger partial charge on any atom is -0.383 e. The predicted octanol–water partition coefficient (Wildman–Crippen LogP) is 3.67. The number of benzene rings is 1. The van der Waals surface area contributed by atoms with E-state index >= 15 is 0 Å². The van der Waals surface area contributed by atoms with E-state index in [0.717, 1.165) is 36.6 Å². The zero-order valence-corrected chi connectivity index (χ0v) is 14.7. The average molecular weight is 343 g/mol. The molecule has 3 nitrogen and oxygen atoms in total. The molecule has 1 N–H and O–H groups in total. The van der Waals surface area contributed by atoms with E-state index in [1.165, 1.54) is 17.7 Å². The summed E-state index contributed by atoms with van der Waals surface area (Å²) in [6, 6.07) is 6.57. The van der Waals surface area contributed by atoms with E-state index < -0.39 is 0 Å². The Bertz CT molecular complexity index is 396. The maximum Gasteiger partial charge on any atom is 0.0587 e. The van der Waals surface area contributed by atoms with E-state index in [0.29, 0.717) is 0 Å². The van der Waals surface area contributed by atoms with Gasteiger partial charge < -0.3 is 15.0 Å². The molecule has 0 saturated carbocycles. The van der Waals surface area contributed by atoms with Gasteiger partial charge >= 0.3 is 0 Å². The summed E-state index contributed by atoms with van der Waals surface area (Å²) >= 11 is 3.68. The maximum atomic E-state index is 5.02. The van der Waals surface area contributed by atoms with Crippen molar-refractivity contribution >= 4 is 21.6 Å². The first-order chi connectivity index (χ1) is 9.54. The zero-order valence-electron chi connectivity index (χ0n) is 13.1. The summed E-state index contributed by atoms with van der Waals surface area (Å²) in [5.41, 5.74) is 2.54. The molecule has 114 valence electrons. The SMILES string of the molecule is COCCNCc1ccc(N(C)CCC(C)C)c(Br)c1. The molecule has 0 amide bonds. The molecule has 4 heteroatoms. The normalized spacial score (nSPS) is 11.1. The number of hydrogen-bond acceptors (Lipinski definition) is 3. The van der Waals surface area contributed by atoms with Gasteiger partial charge in [-0.25, -0.2) is 0 Å². The number of nitrogens with one attached hydrogen (secondary N) is 1. The Morgan fingerprint density at radius 1 is 1.35 bits per heavy atom. The molecule has 0 aromatic heterocycles. The van der Waals surface area contributed by atoms with E-state index in [2.05, 4.69) is 65.2 Å². The minimum atomic E-state index is 0.737. The Balaban J connectivity index is 2.54. The van der Waals surface area contributed by atoms with Gasteiger partial charge in [0, 0.05) is 38.3 Å². The molecular weight excluding hydrogens is 316 g/mol. The first-order valence-corrected chi connectivity index (χ1v) is 8.03. The van der Waals surface area contributed by atoms with Crippen molar-refractivity contribution in [1.82, 2.24) is 5.32 Å². The van der Waals surface area contributed by atoms with Crippen LogP contribution in [0.3, 0.4) is 0 Å². The molecule has 0 radical (unpaired) electrons. The lowest BCUT2D eigenvalue weighted by molar-refractivity contribution is 0.199. The van der Waals surface area contributed by atoms with E-state index in [1.54, 1.807) is 7.11 Å². The van der Waals surface area contributed by atoms with Gasteiger partial charge in [-0.3, -0.25) is 0 Å². The summed E-state index contributed by atoms with van der Waals surface area (Å²) in [5.74, 6) is 0.737. The molecule has 0 aliphatic heterocycles. The van der Waals surface area contributed by atoms with Crippen molar-refractivity contribution in [2.45, 2.75) is 26.8 Å². The molecule has 0 bridgehead atoms. The third kappa shape index (κ3) is 6.25. The molecule has 0 saturated heterocycles. The van der Waals surface area contributed by atoms with E-state index in [-0.39, 0.29) is 0 Å². The molecule has 1 rings (SSSR count). The molecular formula is C16H27BrN2O. The van der Waals surface area contributed by atoms with Crippen LogP contribution in [-0.4, -0.2) is 33.9 Å². The van der Waals surface area contributed by atoms with Crippen LogP contribution >= 0.6 is 15.9 Å². The van der Waals surface area contributed by atoms with Crippen LogP contribution in [0.15, 0.2) is 22.7 Å². The van der Waals surface area contributed by atoms with Crippen LogP contribution in [0.4, 0.5) is 5.69 Å². The smallest absolute Gasteiger partial charge is 0.0587 e.